The van der Waals surface area contributed by atoms with Gasteiger partial charge in [0.1, 0.15) is 0 Å². The van der Waals surface area contributed by atoms with Crippen LogP contribution in [0.5, 0.6) is 0 Å². The highest BCUT2D eigenvalue weighted by atomic mass is 32.1. The van der Waals surface area contributed by atoms with Crippen LogP contribution >= 0.6 is 11.3 Å². The van der Waals surface area contributed by atoms with Crippen molar-refractivity contribution in [3.8, 4) is 10.6 Å². The quantitative estimate of drug-likeness (QED) is 0.787. The molecular formula is C8H6N2O2S. The monoisotopic (exact) mass is 194 g/mol. The van der Waals surface area contributed by atoms with Crippen LogP contribution in [0.25, 0.3) is 10.6 Å². The lowest BCUT2D eigenvalue weighted by molar-refractivity contribution is 0.100. The lowest BCUT2D eigenvalue weighted by Gasteiger charge is -1.86. The van der Waals surface area contributed by atoms with Crippen molar-refractivity contribution in [2.75, 3.05) is 0 Å². The van der Waals surface area contributed by atoms with E-state index in [9.17, 15) is 4.79 Å². The van der Waals surface area contributed by atoms with E-state index in [1.807, 2.05) is 0 Å². The van der Waals surface area contributed by atoms with Gasteiger partial charge in [-0.2, -0.15) is 0 Å². The van der Waals surface area contributed by atoms with Crippen LogP contribution in [0.3, 0.4) is 0 Å². The largest absolute Gasteiger partial charge is 0.443 e. The molecular weight excluding hydrogens is 188 g/mol. The number of nitrogens with zero attached hydrogens (tertiary/aromatic N) is 1. The molecule has 0 spiro atoms. The number of hydrogen-bond acceptors (Lipinski definition) is 4. The number of aromatic nitrogens is 1. The van der Waals surface area contributed by atoms with E-state index in [4.69, 9.17) is 10.2 Å². The molecule has 0 fully saturated rings. The number of rotatable bonds is 2. The third-order valence-electron chi connectivity index (χ3n) is 1.52. The second-order valence-corrected chi connectivity index (χ2v) is 3.48. The Hall–Kier alpha value is -1.62. The van der Waals surface area contributed by atoms with Gasteiger partial charge in [0.2, 0.25) is 0 Å². The van der Waals surface area contributed by atoms with E-state index < -0.39 is 5.91 Å². The summed E-state index contributed by atoms with van der Waals surface area (Å²) in [6, 6.07) is 3.45. The number of carbonyl (C=O) groups excluding carboxylic acids is 1. The molecule has 66 valence electrons. The molecule has 0 aromatic carbocycles. The molecule has 0 atom stereocenters. The summed E-state index contributed by atoms with van der Waals surface area (Å²) in [4.78, 5) is 15.9. The Morgan fingerprint density at radius 2 is 2.38 bits per heavy atom. The molecule has 0 saturated heterocycles. The SMILES string of the molecule is NC(=O)c1ccc(-c2cnco2)s1. The summed E-state index contributed by atoms with van der Waals surface area (Å²) in [6.07, 6.45) is 2.94. The van der Waals surface area contributed by atoms with Gasteiger partial charge in [-0.15, -0.1) is 11.3 Å². The van der Waals surface area contributed by atoms with Crippen LogP contribution in [-0.4, -0.2) is 10.9 Å². The van der Waals surface area contributed by atoms with E-state index in [1.54, 1.807) is 18.3 Å². The van der Waals surface area contributed by atoms with Crippen LogP contribution in [0.1, 0.15) is 9.67 Å². The average molecular weight is 194 g/mol. The van der Waals surface area contributed by atoms with Gasteiger partial charge in [0.05, 0.1) is 16.0 Å². The predicted molar refractivity (Wildman–Crippen MR) is 48.3 cm³/mol. The Morgan fingerprint density at radius 1 is 1.54 bits per heavy atom. The molecule has 0 radical (unpaired) electrons. The van der Waals surface area contributed by atoms with Gasteiger partial charge in [-0.3, -0.25) is 4.79 Å². The highest BCUT2D eigenvalue weighted by molar-refractivity contribution is 7.17. The van der Waals surface area contributed by atoms with E-state index in [-0.39, 0.29) is 0 Å². The molecule has 5 heteroatoms. The van der Waals surface area contributed by atoms with Crippen molar-refractivity contribution >= 4 is 17.2 Å². The first-order chi connectivity index (χ1) is 6.27. The van der Waals surface area contributed by atoms with Gasteiger partial charge in [-0.25, -0.2) is 4.98 Å². The third-order valence-corrected chi connectivity index (χ3v) is 2.64. The van der Waals surface area contributed by atoms with Crippen LogP contribution in [0.15, 0.2) is 29.1 Å². The maximum Gasteiger partial charge on any atom is 0.258 e. The molecule has 0 saturated carbocycles. The lowest BCUT2D eigenvalue weighted by atomic mass is 10.4. The summed E-state index contributed by atoms with van der Waals surface area (Å²) >= 11 is 1.29. The molecule has 2 aromatic rings. The van der Waals surface area contributed by atoms with Gasteiger partial charge < -0.3 is 10.2 Å². The minimum absolute atomic E-state index is 0.421. The first kappa shape index (κ1) is 8.00. The zero-order valence-electron chi connectivity index (χ0n) is 6.56. The molecule has 13 heavy (non-hydrogen) atoms. The summed E-state index contributed by atoms with van der Waals surface area (Å²) < 4.78 is 5.06. The van der Waals surface area contributed by atoms with Gasteiger partial charge in [-0.05, 0) is 12.1 Å². The number of nitrogens with two attached hydrogens (primary N) is 1. The molecule has 0 aliphatic carbocycles. The van der Waals surface area contributed by atoms with Crippen LogP contribution in [0.2, 0.25) is 0 Å². The Labute approximate surface area is 78.0 Å². The number of oxazole rings is 1. The zero-order chi connectivity index (χ0) is 9.26. The second kappa shape index (κ2) is 3.02. The van der Waals surface area contributed by atoms with E-state index in [2.05, 4.69) is 4.98 Å². The Kier molecular flexibility index (Phi) is 1.86. The first-order valence-electron chi connectivity index (χ1n) is 3.56. The smallest absolute Gasteiger partial charge is 0.258 e. The van der Waals surface area contributed by atoms with Gasteiger partial charge in [0, 0.05) is 0 Å². The minimum Gasteiger partial charge on any atom is -0.443 e. The summed E-state index contributed by atoms with van der Waals surface area (Å²) in [6.45, 7) is 0. The van der Waals surface area contributed by atoms with Crippen molar-refractivity contribution in [3.05, 3.63) is 29.6 Å². The molecule has 0 aliphatic rings. The topological polar surface area (TPSA) is 69.1 Å². The third kappa shape index (κ3) is 1.46. The van der Waals surface area contributed by atoms with Gasteiger partial charge in [0.25, 0.3) is 5.91 Å². The van der Waals surface area contributed by atoms with Gasteiger partial charge >= 0.3 is 0 Å². The van der Waals surface area contributed by atoms with E-state index in [0.29, 0.717) is 10.6 Å². The van der Waals surface area contributed by atoms with E-state index >= 15 is 0 Å². The number of thiophene rings is 1. The fraction of sp³-hybridized carbons (Fsp3) is 0. The maximum absolute atomic E-state index is 10.8. The van der Waals surface area contributed by atoms with Crippen molar-refractivity contribution in [2.45, 2.75) is 0 Å². The van der Waals surface area contributed by atoms with Crippen molar-refractivity contribution in [3.63, 3.8) is 0 Å². The summed E-state index contributed by atoms with van der Waals surface area (Å²) in [5.74, 6) is 0.230. The van der Waals surface area contributed by atoms with Crippen molar-refractivity contribution in [2.24, 2.45) is 5.73 Å². The predicted octanol–water partition coefficient (Wildman–Crippen LogP) is 1.50. The van der Waals surface area contributed by atoms with Gasteiger partial charge in [0.15, 0.2) is 12.2 Å². The summed E-state index contributed by atoms with van der Waals surface area (Å²) in [7, 11) is 0. The Morgan fingerprint density at radius 3 is 2.92 bits per heavy atom. The molecule has 0 bridgehead atoms. The number of carbonyl (C=O) groups is 1. The molecule has 2 aromatic heterocycles. The normalized spacial score (nSPS) is 10.2. The molecule has 1 amide bonds. The standard InChI is InChI=1S/C8H6N2O2S/c9-8(11)7-2-1-6(13-7)5-3-10-4-12-5/h1-4H,(H2,9,11). The van der Waals surface area contributed by atoms with Crippen molar-refractivity contribution in [1.29, 1.82) is 0 Å². The van der Waals surface area contributed by atoms with Crippen LogP contribution in [0, 0.1) is 0 Å². The molecule has 2 rings (SSSR count). The highest BCUT2D eigenvalue weighted by Crippen LogP contribution is 2.27. The Bertz CT molecular complexity index is 419. The van der Waals surface area contributed by atoms with Crippen LogP contribution < -0.4 is 5.73 Å². The number of amides is 1. The molecule has 2 N–H and O–H groups in total. The lowest BCUT2D eigenvalue weighted by Crippen LogP contribution is -2.07. The van der Waals surface area contributed by atoms with Crippen molar-refractivity contribution in [1.82, 2.24) is 4.98 Å². The maximum atomic E-state index is 10.8. The van der Waals surface area contributed by atoms with Crippen molar-refractivity contribution < 1.29 is 9.21 Å². The number of primary amides is 1. The molecule has 2 heterocycles. The first-order valence-corrected chi connectivity index (χ1v) is 4.37. The molecule has 0 unspecified atom stereocenters. The molecule has 0 aliphatic heterocycles. The number of hydrogen-bond donors (Lipinski definition) is 1. The summed E-state index contributed by atoms with van der Waals surface area (Å²) in [5, 5.41) is 0. The fourth-order valence-electron chi connectivity index (χ4n) is 0.940. The van der Waals surface area contributed by atoms with Crippen LogP contribution in [0.4, 0.5) is 0 Å². The highest BCUT2D eigenvalue weighted by Gasteiger charge is 2.08. The Balaban J connectivity index is 2.39. The van der Waals surface area contributed by atoms with Gasteiger partial charge in [-0.1, -0.05) is 0 Å². The molecule has 4 nitrogen and oxygen atoms in total. The fourth-order valence-corrected chi connectivity index (χ4v) is 1.75. The zero-order valence-corrected chi connectivity index (χ0v) is 7.38. The average Bonchev–Trinajstić information content (AvgIpc) is 2.75. The van der Waals surface area contributed by atoms with Crippen LogP contribution in [-0.2, 0) is 0 Å². The summed E-state index contributed by atoms with van der Waals surface area (Å²) in [5.41, 5.74) is 5.11. The second-order valence-electron chi connectivity index (χ2n) is 2.39. The van der Waals surface area contributed by atoms with E-state index in [0.717, 1.165) is 4.88 Å². The minimum atomic E-state index is -0.421. The van der Waals surface area contributed by atoms with E-state index in [1.165, 1.54) is 17.7 Å².